The SMILES string of the molecule is CCc1ccc2occ(C(=O)NC3(C(=O)O)CCOCC3)c2c1. The number of fused-ring (bicyclic) bond motifs is 1. The molecule has 0 spiro atoms. The Morgan fingerprint density at radius 3 is 2.70 bits per heavy atom. The van der Waals surface area contributed by atoms with Gasteiger partial charge in [-0.3, -0.25) is 4.79 Å². The van der Waals surface area contributed by atoms with Gasteiger partial charge in [0.25, 0.3) is 5.91 Å². The largest absolute Gasteiger partial charge is 0.480 e. The van der Waals surface area contributed by atoms with Crippen molar-refractivity contribution >= 4 is 22.8 Å². The highest BCUT2D eigenvalue weighted by molar-refractivity contribution is 6.07. The Kier molecular flexibility index (Phi) is 4.09. The van der Waals surface area contributed by atoms with Crippen LogP contribution < -0.4 is 5.32 Å². The monoisotopic (exact) mass is 317 g/mol. The minimum Gasteiger partial charge on any atom is -0.480 e. The number of aryl methyl sites for hydroxylation is 1. The molecule has 2 heterocycles. The smallest absolute Gasteiger partial charge is 0.329 e. The number of rotatable bonds is 4. The molecule has 0 bridgehead atoms. The average Bonchev–Trinajstić information content (AvgIpc) is 2.98. The molecule has 1 saturated heterocycles. The molecule has 1 amide bonds. The molecule has 1 aromatic carbocycles. The molecule has 23 heavy (non-hydrogen) atoms. The number of furan rings is 1. The molecular formula is C17H19NO5. The average molecular weight is 317 g/mol. The van der Waals surface area contributed by atoms with Crippen LogP contribution in [0.25, 0.3) is 11.0 Å². The van der Waals surface area contributed by atoms with E-state index in [0.717, 1.165) is 12.0 Å². The third kappa shape index (κ3) is 2.82. The van der Waals surface area contributed by atoms with E-state index in [1.807, 2.05) is 25.1 Å². The van der Waals surface area contributed by atoms with E-state index < -0.39 is 17.4 Å². The van der Waals surface area contributed by atoms with Crippen LogP contribution in [-0.4, -0.2) is 35.7 Å². The molecule has 0 atom stereocenters. The molecule has 2 N–H and O–H groups in total. The summed E-state index contributed by atoms with van der Waals surface area (Å²) in [5, 5.41) is 12.9. The number of carbonyl (C=O) groups is 2. The van der Waals surface area contributed by atoms with Crippen LogP contribution in [0.1, 0.15) is 35.7 Å². The van der Waals surface area contributed by atoms with Crippen molar-refractivity contribution < 1.29 is 23.8 Å². The standard InChI is InChI=1S/C17H19NO5/c1-2-11-3-4-14-12(9-11)13(10-23-14)15(19)18-17(16(20)21)5-7-22-8-6-17/h3-4,9-10H,2,5-8H2,1H3,(H,18,19)(H,20,21). The van der Waals surface area contributed by atoms with E-state index in [4.69, 9.17) is 9.15 Å². The van der Waals surface area contributed by atoms with Gasteiger partial charge in [0.15, 0.2) is 0 Å². The normalized spacial score (nSPS) is 17.1. The maximum atomic E-state index is 12.6. The van der Waals surface area contributed by atoms with Gasteiger partial charge in [-0.15, -0.1) is 0 Å². The molecule has 1 aliphatic rings. The van der Waals surface area contributed by atoms with Gasteiger partial charge in [-0.2, -0.15) is 0 Å². The minimum atomic E-state index is -1.28. The Morgan fingerprint density at radius 1 is 1.30 bits per heavy atom. The lowest BCUT2D eigenvalue weighted by Crippen LogP contribution is -2.57. The van der Waals surface area contributed by atoms with Crippen molar-refractivity contribution in [3.8, 4) is 0 Å². The summed E-state index contributed by atoms with van der Waals surface area (Å²) < 4.78 is 10.6. The topological polar surface area (TPSA) is 88.8 Å². The van der Waals surface area contributed by atoms with Gasteiger partial charge < -0.3 is 19.6 Å². The van der Waals surface area contributed by atoms with Crippen LogP contribution in [0, 0.1) is 0 Å². The predicted octanol–water partition coefficient (Wildman–Crippen LogP) is 2.36. The number of hydrogen-bond donors (Lipinski definition) is 2. The van der Waals surface area contributed by atoms with E-state index in [9.17, 15) is 14.7 Å². The van der Waals surface area contributed by atoms with E-state index in [1.54, 1.807) is 0 Å². The van der Waals surface area contributed by atoms with Crippen molar-refractivity contribution in [1.29, 1.82) is 0 Å². The first-order chi connectivity index (χ1) is 11.1. The molecule has 1 aromatic heterocycles. The zero-order valence-corrected chi connectivity index (χ0v) is 12.9. The Labute approximate surface area is 133 Å². The number of carboxylic acid groups (broad SMARTS) is 1. The van der Waals surface area contributed by atoms with E-state index in [1.165, 1.54) is 6.26 Å². The lowest BCUT2D eigenvalue weighted by Gasteiger charge is -2.33. The first-order valence-electron chi connectivity index (χ1n) is 7.69. The highest BCUT2D eigenvalue weighted by Crippen LogP contribution is 2.26. The number of aliphatic carboxylic acids is 1. The predicted molar refractivity (Wildman–Crippen MR) is 83.5 cm³/mol. The maximum absolute atomic E-state index is 12.6. The van der Waals surface area contributed by atoms with Crippen LogP contribution in [-0.2, 0) is 16.0 Å². The number of nitrogens with one attached hydrogen (secondary N) is 1. The second-order valence-corrected chi connectivity index (χ2v) is 5.79. The quantitative estimate of drug-likeness (QED) is 0.903. The van der Waals surface area contributed by atoms with Crippen LogP contribution in [0.4, 0.5) is 0 Å². The van der Waals surface area contributed by atoms with Crippen LogP contribution in [0.15, 0.2) is 28.9 Å². The lowest BCUT2D eigenvalue weighted by atomic mass is 9.89. The molecule has 1 aliphatic heterocycles. The van der Waals surface area contributed by atoms with Crippen LogP contribution in [0.2, 0.25) is 0 Å². The minimum absolute atomic E-state index is 0.254. The molecule has 0 saturated carbocycles. The Bertz CT molecular complexity index is 743. The second-order valence-electron chi connectivity index (χ2n) is 5.79. The fraction of sp³-hybridized carbons (Fsp3) is 0.412. The summed E-state index contributed by atoms with van der Waals surface area (Å²) in [5.74, 6) is -1.46. The van der Waals surface area contributed by atoms with Crippen molar-refractivity contribution in [3.63, 3.8) is 0 Å². The number of hydrogen-bond acceptors (Lipinski definition) is 4. The first kappa shape index (κ1) is 15.6. The highest BCUT2D eigenvalue weighted by Gasteiger charge is 2.42. The molecule has 0 radical (unpaired) electrons. The number of benzene rings is 1. The summed E-state index contributed by atoms with van der Waals surface area (Å²) in [6.07, 6.45) is 2.74. The zero-order valence-electron chi connectivity index (χ0n) is 12.9. The van der Waals surface area contributed by atoms with E-state index in [-0.39, 0.29) is 12.8 Å². The Balaban J connectivity index is 1.92. The third-order valence-corrected chi connectivity index (χ3v) is 4.40. The molecule has 2 aromatic rings. The summed E-state index contributed by atoms with van der Waals surface area (Å²) in [6, 6.07) is 5.68. The number of carbonyl (C=O) groups excluding carboxylic acids is 1. The summed E-state index contributed by atoms with van der Waals surface area (Å²) in [5.41, 5.74) is 0.791. The summed E-state index contributed by atoms with van der Waals surface area (Å²) in [6.45, 7) is 2.67. The third-order valence-electron chi connectivity index (χ3n) is 4.40. The molecule has 6 nitrogen and oxygen atoms in total. The van der Waals surface area contributed by atoms with Crippen molar-refractivity contribution in [3.05, 3.63) is 35.6 Å². The van der Waals surface area contributed by atoms with Gasteiger partial charge in [0.05, 0.1) is 5.56 Å². The Hall–Kier alpha value is -2.34. The van der Waals surface area contributed by atoms with Crippen LogP contribution >= 0.6 is 0 Å². The summed E-state index contributed by atoms with van der Waals surface area (Å²) in [7, 11) is 0. The molecule has 122 valence electrons. The van der Waals surface area contributed by atoms with Gasteiger partial charge in [-0.25, -0.2) is 4.79 Å². The number of amides is 1. The number of ether oxygens (including phenoxy) is 1. The fourth-order valence-electron chi connectivity index (χ4n) is 2.87. The molecule has 3 rings (SSSR count). The zero-order chi connectivity index (χ0) is 16.4. The number of carboxylic acids is 1. The maximum Gasteiger partial charge on any atom is 0.329 e. The van der Waals surface area contributed by atoms with Crippen molar-refractivity contribution in [2.45, 2.75) is 31.7 Å². The van der Waals surface area contributed by atoms with Crippen molar-refractivity contribution in [1.82, 2.24) is 5.32 Å². The highest BCUT2D eigenvalue weighted by atomic mass is 16.5. The molecule has 0 aliphatic carbocycles. The van der Waals surface area contributed by atoms with E-state index >= 15 is 0 Å². The Morgan fingerprint density at radius 2 is 2.04 bits per heavy atom. The molecule has 6 heteroatoms. The van der Waals surface area contributed by atoms with Crippen molar-refractivity contribution in [2.24, 2.45) is 0 Å². The van der Waals surface area contributed by atoms with Gasteiger partial charge in [-0.05, 0) is 24.1 Å². The van der Waals surface area contributed by atoms with Gasteiger partial charge >= 0.3 is 5.97 Å². The van der Waals surface area contributed by atoms with Gasteiger partial charge in [-0.1, -0.05) is 13.0 Å². The molecular weight excluding hydrogens is 298 g/mol. The van der Waals surface area contributed by atoms with E-state index in [2.05, 4.69) is 5.32 Å². The van der Waals surface area contributed by atoms with Gasteiger partial charge in [0.1, 0.15) is 17.4 Å². The lowest BCUT2D eigenvalue weighted by molar-refractivity contribution is -0.148. The molecule has 0 unspecified atom stereocenters. The van der Waals surface area contributed by atoms with Crippen LogP contribution in [0.5, 0.6) is 0 Å². The van der Waals surface area contributed by atoms with Crippen molar-refractivity contribution in [2.75, 3.05) is 13.2 Å². The molecule has 1 fully saturated rings. The summed E-state index contributed by atoms with van der Waals surface area (Å²) in [4.78, 5) is 24.3. The fourth-order valence-corrected chi connectivity index (χ4v) is 2.87. The van der Waals surface area contributed by atoms with Gasteiger partial charge in [0.2, 0.25) is 0 Å². The summed E-state index contributed by atoms with van der Waals surface area (Å²) >= 11 is 0. The van der Waals surface area contributed by atoms with Gasteiger partial charge in [0, 0.05) is 31.4 Å². The van der Waals surface area contributed by atoms with E-state index in [0.29, 0.717) is 29.7 Å². The second kappa shape index (κ2) is 6.04. The first-order valence-corrected chi connectivity index (χ1v) is 7.69. The van der Waals surface area contributed by atoms with Crippen LogP contribution in [0.3, 0.4) is 0 Å².